The summed E-state index contributed by atoms with van der Waals surface area (Å²) in [5.41, 5.74) is 1.34. The predicted molar refractivity (Wildman–Crippen MR) is 92.0 cm³/mol. The van der Waals surface area contributed by atoms with Crippen LogP contribution in [0.5, 0.6) is 0 Å². The van der Waals surface area contributed by atoms with Crippen molar-refractivity contribution in [1.29, 1.82) is 0 Å². The highest BCUT2D eigenvalue weighted by molar-refractivity contribution is 5.91. The fourth-order valence-corrected chi connectivity index (χ4v) is 3.20. The molecule has 1 saturated heterocycles. The summed E-state index contributed by atoms with van der Waals surface area (Å²) in [6.45, 7) is 2.76. The number of rotatable bonds is 5. The van der Waals surface area contributed by atoms with Gasteiger partial charge in [0, 0.05) is 18.7 Å². The molecule has 1 aromatic heterocycles. The Morgan fingerprint density at radius 1 is 1.26 bits per heavy atom. The van der Waals surface area contributed by atoms with Gasteiger partial charge < -0.3 is 9.32 Å². The maximum absolute atomic E-state index is 12.4. The lowest BCUT2D eigenvalue weighted by Crippen LogP contribution is -2.34. The zero-order chi connectivity index (χ0) is 16.1. The molecule has 0 spiro atoms. The fourth-order valence-electron chi connectivity index (χ4n) is 3.20. The molecule has 1 unspecified atom stereocenters. The number of hydrogen-bond donors (Lipinski definition) is 0. The summed E-state index contributed by atoms with van der Waals surface area (Å²) in [4.78, 5) is 14.5. The van der Waals surface area contributed by atoms with Crippen LogP contribution in [0.15, 0.2) is 53.0 Å². The number of benzene rings is 1. The quantitative estimate of drug-likeness (QED) is 0.775. The Bertz CT molecular complexity index is 672. The van der Waals surface area contributed by atoms with Gasteiger partial charge in [0.15, 0.2) is 0 Å². The number of amides is 1. The van der Waals surface area contributed by atoms with E-state index in [1.165, 1.54) is 5.56 Å². The minimum absolute atomic E-state index is 0.0922. The Morgan fingerprint density at radius 3 is 2.83 bits per heavy atom. The highest BCUT2D eigenvalue weighted by Crippen LogP contribution is 2.22. The van der Waals surface area contributed by atoms with Crippen molar-refractivity contribution in [1.82, 2.24) is 4.90 Å². The third kappa shape index (κ3) is 4.13. The van der Waals surface area contributed by atoms with Gasteiger partial charge in [-0.25, -0.2) is 0 Å². The van der Waals surface area contributed by atoms with Gasteiger partial charge in [-0.1, -0.05) is 30.3 Å². The maximum atomic E-state index is 12.4. The second-order valence-corrected chi connectivity index (χ2v) is 6.13. The molecular weight excluding hydrogens is 286 g/mol. The van der Waals surface area contributed by atoms with Crippen LogP contribution in [0.2, 0.25) is 0 Å². The highest BCUT2D eigenvalue weighted by Gasteiger charge is 2.26. The van der Waals surface area contributed by atoms with E-state index in [0.29, 0.717) is 6.04 Å². The summed E-state index contributed by atoms with van der Waals surface area (Å²) < 4.78 is 5.47. The standard InChI is InChI=1S/C20H23NO2/c1-16-9-12-19(23-16)13-14-20(22)21-15-5-8-18(21)11-10-17-6-3-2-4-7-17/h2-4,6-7,9,12-14,18H,5,8,10-11,15H2,1H3. The summed E-state index contributed by atoms with van der Waals surface area (Å²) >= 11 is 0. The van der Waals surface area contributed by atoms with Crippen molar-refractivity contribution in [3.05, 3.63) is 65.6 Å². The first kappa shape index (κ1) is 15.6. The normalized spacial score (nSPS) is 18.0. The first-order chi connectivity index (χ1) is 11.2. The van der Waals surface area contributed by atoms with Crippen LogP contribution in [0.25, 0.3) is 6.08 Å². The molecule has 1 aliphatic rings. The molecule has 0 saturated carbocycles. The SMILES string of the molecule is Cc1ccc(C=CC(=O)N2CCCC2CCc2ccccc2)o1. The lowest BCUT2D eigenvalue weighted by atomic mass is 10.0. The lowest BCUT2D eigenvalue weighted by molar-refractivity contribution is -0.126. The monoisotopic (exact) mass is 309 g/mol. The van der Waals surface area contributed by atoms with E-state index < -0.39 is 0 Å². The number of furan rings is 1. The first-order valence-corrected chi connectivity index (χ1v) is 8.31. The molecule has 3 heteroatoms. The van der Waals surface area contributed by atoms with Crippen molar-refractivity contribution in [2.45, 2.75) is 38.6 Å². The van der Waals surface area contributed by atoms with Crippen molar-refractivity contribution in [2.75, 3.05) is 6.54 Å². The van der Waals surface area contributed by atoms with Gasteiger partial charge >= 0.3 is 0 Å². The van der Waals surface area contributed by atoms with Gasteiger partial charge in [0.05, 0.1) is 0 Å². The van der Waals surface area contributed by atoms with E-state index >= 15 is 0 Å². The third-order valence-electron chi connectivity index (χ3n) is 4.42. The van der Waals surface area contributed by atoms with Crippen LogP contribution in [0.4, 0.5) is 0 Å². The van der Waals surface area contributed by atoms with Crippen molar-refractivity contribution < 1.29 is 9.21 Å². The molecule has 1 aliphatic heterocycles. The molecular formula is C20H23NO2. The van der Waals surface area contributed by atoms with Crippen LogP contribution < -0.4 is 0 Å². The van der Waals surface area contributed by atoms with Crippen LogP contribution in [0.1, 0.15) is 36.3 Å². The fraction of sp³-hybridized carbons (Fsp3) is 0.350. The van der Waals surface area contributed by atoms with Crippen molar-refractivity contribution in [3.8, 4) is 0 Å². The number of hydrogen-bond acceptors (Lipinski definition) is 2. The zero-order valence-electron chi connectivity index (χ0n) is 13.6. The molecule has 0 radical (unpaired) electrons. The highest BCUT2D eigenvalue weighted by atomic mass is 16.3. The maximum Gasteiger partial charge on any atom is 0.246 e. The molecule has 3 rings (SSSR count). The van der Waals surface area contributed by atoms with E-state index in [1.54, 1.807) is 12.2 Å². The Kier molecular flexibility index (Phi) is 4.96. The molecule has 0 N–H and O–H groups in total. The minimum atomic E-state index is 0.0922. The number of carbonyl (C=O) groups excluding carboxylic acids is 1. The largest absolute Gasteiger partial charge is 0.462 e. The van der Waals surface area contributed by atoms with Crippen LogP contribution in [0.3, 0.4) is 0 Å². The molecule has 2 aromatic rings. The van der Waals surface area contributed by atoms with Gasteiger partial charge in [0.2, 0.25) is 5.91 Å². The minimum Gasteiger partial charge on any atom is -0.462 e. The number of likely N-dealkylation sites (tertiary alicyclic amines) is 1. The van der Waals surface area contributed by atoms with E-state index in [9.17, 15) is 4.79 Å². The Hall–Kier alpha value is -2.29. The van der Waals surface area contributed by atoms with Gasteiger partial charge in [-0.3, -0.25) is 4.79 Å². The second kappa shape index (κ2) is 7.32. The lowest BCUT2D eigenvalue weighted by Gasteiger charge is -2.23. The summed E-state index contributed by atoms with van der Waals surface area (Å²) in [5, 5.41) is 0. The van der Waals surface area contributed by atoms with Crippen LogP contribution >= 0.6 is 0 Å². The molecule has 1 amide bonds. The van der Waals surface area contributed by atoms with Crippen molar-refractivity contribution >= 4 is 12.0 Å². The average molecular weight is 309 g/mol. The first-order valence-electron chi connectivity index (χ1n) is 8.31. The number of aryl methyl sites for hydroxylation is 2. The van der Waals surface area contributed by atoms with Gasteiger partial charge in [-0.2, -0.15) is 0 Å². The molecule has 2 heterocycles. The van der Waals surface area contributed by atoms with Gasteiger partial charge in [-0.15, -0.1) is 0 Å². The third-order valence-corrected chi connectivity index (χ3v) is 4.42. The molecule has 0 bridgehead atoms. The summed E-state index contributed by atoms with van der Waals surface area (Å²) in [7, 11) is 0. The Balaban J connectivity index is 1.57. The molecule has 120 valence electrons. The van der Waals surface area contributed by atoms with Gasteiger partial charge in [0.25, 0.3) is 0 Å². The van der Waals surface area contributed by atoms with Gasteiger partial charge in [0.1, 0.15) is 11.5 Å². The second-order valence-electron chi connectivity index (χ2n) is 6.13. The summed E-state index contributed by atoms with van der Waals surface area (Å²) in [6.07, 6.45) is 7.66. The van der Waals surface area contributed by atoms with E-state index in [1.807, 2.05) is 30.0 Å². The van der Waals surface area contributed by atoms with Crippen molar-refractivity contribution in [3.63, 3.8) is 0 Å². The molecule has 1 atom stereocenters. The molecule has 3 nitrogen and oxygen atoms in total. The Labute approximate surface area is 137 Å². The van der Waals surface area contributed by atoms with Crippen molar-refractivity contribution in [2.24, 2.45) is 0 Å². The number of nitrogens with zero attached hydrogens (tertiary/aromatic N) is 1. The molecule has 23 heavy (non-hydrogen) atoms. The Morgan fingerprint density at radius 2 is 2.09 bits per heavy atom. The van der Waals surface area contributed by atoms with Crippen LogP contribution in [0, 0.1) is 6.92 Å². The molecule has 1 fully saturated rings. The van der Waals surface area contributed by atoms with Crippen LogP contribution in [-0.4, -0.2) is 23.4 Å². The van der Waals surface area contributed by atoms with E-state index in [-0.39, 0.29) is 5.91 Å². The smallest absolute Gasteiger partial charge is 0.246 e. The van der Waals surface area contributed by atoms with E-state index in [2.05, 4.69) is 24.3 Å². The molecule has 0 aliphatic carbocycles. The predicted octanol–water partition coefficient (Wildman–Crippen LogP) is 4.23. The average Bonchev–Trinajstić information content (AvgIpc) is 3.20. The van der Waals surface area contributed by atoms with Gasteiger partial charge in [-0.05, 0) is 56.4 Å². The van der Waals surface area contributed by atoms with E-state index in [0.717, 1.165) is 43.7 Å². The summed E-state index contributed by atoms with van der Waals surface area (Å²) in [6, 6.07) is 14.6. The number of carbonyl (C=O) groups is 1. The van der Waals surface area contributed by atoms with E-state index in [4.69, 9.17) is 4.42 Å². The topological polar surface area (TPSA) is 33.5 Å². The van der Waals surface area contributed by atoms with Crippen LogP contribution in [-0.2, 0) is 11.2 Å². The molecule has 1 aromatic carbocycles. The zero-order valence-corrected chi connectivity index (χ0v) is 13.6. The summed E-state index contributed by atoms with van der Waals surface area (Å²) in [5.74, 6) is 1.68.